The van der Waals surface area contributed by atoms with Gasteiger partial charge in [0.25, 0.3) is 0 Å². The van der Waals surface area contributed by atoms with Crippen LogP contribution < -0.4 is 15.5 Å². The van der Waals surface area contributed by atoms with Crippen LogP contribution in [0.5, 0.6) is 0 Å². The van der Waals surface area contributed by atoms with E-state index in [1.807, 2.05) is 24.3 Å². The lowest BCUT2D eigenvalue weighted by Gasteiger charge is -2.57. The molecule has 4 saturated carbocycles. The van der Waals surface area contributed by atoms with Gasteiger partial charge >= 0.3 is 6.03 Å². The summed E-state index contributed by atoms with van der Waals surface area (Å²) in [6.07, 6.45) is 8.05. The minimum absolute atomic E-state index is 0.0870. The van der Waals surface area contributed by atoms with Gasteiger partial charge in [-0.2, -0.15) is 0 Å². The summed E-state index contributed by atoms with van der Waals surface area (Å²) in [5.41, 5.74) is 1.80. The van der Waals surface area contributed by atoms with Crippen molar-refractivity contribution in [2.45, 2.75) is 38.5 Å². The van der Waals surface area contributed by atoms with Crippen LogP contribution in [0.15, 0.2) is 24.3 Å². The van der Waals surface area contributed by atoms with Crippen molar-refractivity contribution >= 4 is 23.3 Å². The van der Waals surface area contributed by atoms with E-state index >= 15 is 0 Å². The Labute approximate surface area is 148 Å². The zero-order valence-corrected chi connectivity index (χ0v) is 14.5. The second-order valence-electron chi connectivity index (χ2n) is 8.73. The van der Waals surface area contributed by atoms with E-state index in [1.165, 1.54) is 38.5 Å². The quantitative estimate of drug-likeness (QED) is 0.868. The Bertz CT molecular complexity index is 694. The van der Waals surface area contributed by atoms with E-state index in [2.05, 4.69) is 10.6 Å². The molecule has 0 radical (unpaired) electrons. The molecule has 4 aliphatic carbocycles. The Morgan fingerprint density at radius 3 is 2.44 bits per heavy atom. The van der Waals surface area contributed by atoms with Crippen LogP contribution in [-0.4, -0.2) is 25.0 Å². The van der Waals surface area contributed by atoms with E-state index < -0.39 is 0 Å². The number of amides is 3. The smallest absolute Gasteiger partial charge is 0.322 e. The van der Waals surface area contributed by atoms with Crippen LogP contribution in [0.25, 0.3) is 0 Å². The summed E-state index contributed by atoms with van der Waals surface area (Å²) in [5.74, 6) is 2.50. The molecule has 3 amide bonds. The highest BCUT2D eigenvalue weighted by Gasteiger charge is 2.50. The largest absolute Gasteiger partial charge is 0.337 e. The molecular weight excluding hydrogens is 314 g/mol. The summed E-state index contributed by atoms with van der Waals surface area (Å²) >= 11 is 0. The number of benzene rings is 1. The molecule has 25 heavy (non-hydrogen) atoms. The van der Waals surface area contributed by atoms with Crippen molar-refractivity contribution < 1.29 is 9.59 Å². The van der Waals surface area contributed by atoms with Crippen molar-refractivity contribution in [1.82, 2.24) is 5.32 Å². The van der Waals surface area contributed by atoms with Gasteiger partial charge in [-0.25, -0.2) is 4.79 Å². The summed E-state index contributed by atoms with van der Waals surface area (Å²) in [6.45, 7) is 0.847. The molecule has 0 unspecified atom stereocenters. The number of rotatable bonds is 2. The normalized spacial score (nSPS) is 35.3. The topological polar surface area (TPSA) is 61.4 Å². The van der Waals surface area contributed by atoms with Gasteiger partial charge in [-0.3, -0.25) is 9.69 Å². The van der Waals surface area contributed by atoms with Crippen molar-refractivity contribution in [1.29, 1.82) is 0 Å². The monoisotopic (exact) mass is 339 g/mol. The van der Waals surface area contributed by atoms with E-state index in [0.29, 0.717) is 11.1 Å². The van der Waals surface area contributed by atoms with Crippen LogP contribution in [0.1, 0.15) is 38.5 Å². The third-order valence-corrected chi connectivity index (χ3v) is 6.80. The van der Waals surface area contributed by atoms with Crippen molar-refractivity contribution in [2.75, 3.05) is 23.3 Å². The van der Waals surface area contributed by atoms with Crippen LogP contribution in [0, 0.1) is 23.2 Å². The number of nitrogens with zero attached hydrogens (tertiary/aromatic N) is 1. The SMILES string of the molecule is O=C1CN(C(=O)NCC23CC4CC(CC(C4)C2)C3)c2ccccc2N1. The van der Waals surface area contributed by atoms with Crippen molar-refractivity contribution in [3.63, 3.8) is 0 Å². The molecular formula is C20H25N3O2. The van der Waals surface area contributed by atoms with Crippen LogP contribution in [0.4, 0.5) is 16.2 Å². The maximum Gasteiger partial charge on any atom is 0.322 e. The molecule has 5 heteroatoms. The average Bonchev–Trinajstić information content (AvgIpc) is 2.58. The van der Waals surface area contributed by atoms with Gasteiger partial charge < -0.3 is 10.6 Å². The van der Waals surface area contributed by atoms with Crippen LogP contribution in [0.3, 0.4) is 0 Å². The van der Waals surface area contributed by atoms with Gasteiger partial charge in [-0.15, -0.1) is 0 Å². The van der Waals surface area contributed by atoms with Gasteiger partial charge in [-0.05, 0) is 73.8 Å². The summed E-state index contributed by atoms with van der Waals surface area (Å²) in [4.78, 5) is 26.3. The highest BCUT2D eigenvalue weighted by atomic mass is 16.2. The maximum absolute atomic E-state index is 12.8. The summed E-state index contributed by atoms with van der Waals surface area (Å²) in [7, 11) is 0. The number of urea groups is 1. The van der Waals surface area contributed by atoms with Crippen molar-refractivity contribution in [3.8, 4) is 0 Å². The van der Waals surface area contributed by atoms with E-state index in [-0.39, 0.29) is 18.5 Å². The first kappa shape index (κ1) is 15.2. The van der Waals surface area contributed by atoms with Gasteiger partial charge in [0.15, 0.2) is 0 Å². The molecule has 6 rings (SSSR count). The predicted octanol–water partition coefficient (Wildman–Crippen LogP) is 3.37. The van der Waals surface area contributed by atoms with Gasteiger partial charge in [0.2, 0.25) is 5.91 Å². The van der Waals surface area contributed by atoms with Gasteiger partial charge in [-0.1, -0.05) is 12.1 Å². The number of hydrogen-bond acceptors (Lipinski definition) is 2. The lowest BCUT2D eigenvalue weighted by Crippen LogP contribution is -2.54. The molecule has 1 aromatic rings. The molecule has 0 saturated heterocycles. The van der Waals surface area contributed by atoms with Gasteiger partial charge in [0, 0.05) is 6.54 Å². The number of para-hydroxylation sites is 2. The number of fused-ring (bicyclic) bond motifs is 1. The van der Waals surface area contributed by atoms with Gasteiger partial charge in [0.05, 0.1) is 11.4 Å². The van der Waals surface area contributed by atoms with E-state index in [9.17, 15) is 9.59 Å². The maximum atomic E-state index is 12.8. The highest BCUT2D eigenvalue weighted by molar-refractivity contribution is 6.09. The molecule has 5 aliphatic rings. The lowest BCUT2D eigenvalue weighted by atomic mass is 9.49. The Morgan fingerprint density at radius 2 is 1.76 bits per heavy atom. The second kappa shape index (κ2) is 5.48. The Kier molecular flexibility index (Phi) is 3.34. The van der Waals surface area contributed by atoms with Crippen LogP contribution >= 0.6 is 0 Å². The highest BCUT2D eigenvalue weighted by Crippen LogP contribution is 2.59. The van der Waals surface area contributed by atoms with Crippen molar-refractivity contribution in [2.24, 2.45) is 23.2 Å². The number of carbonyl (C=O) groups is 2. The molecule has 4 fully saturated rings. The molecule has 1 aromatic carbocycles. The van der Waals surface area contributed by atoms with E-state index in [1.54, 1.807) is 4.90 Å². The molecule has 0 atom stereocenters. The molecule has 4 bridgehead atoms. The molecule has 1 aliphatic heterocycles. The molecule has 2 N–H and O–H groups in total. The fourth-order valence-electron chi connectivity index (χ4n) is 6.28. The minimum atomic E-state index is -0.141. The van der Waals surface area contributed by atoms with E-state index in [0.717, 1.165) is 30.0 Å². The van der Waals surface area contributed by atoms with Crippen LogP contribution in [0.2, 0.25) is 0 Å². The van der Waals surface area contributed by atoms with E-state index in [4.69, 9.17) is 0 Å². The van der Waals surface area contributed by atoms with Gasteiger partial charge in [0.1, 0.15) is 6.54 Å². The first-order chi connectivity index (χ1) is 12.1. The molecule has 0 spiro atoms. The first-order valence-corrected chi connectivity index (χ1v) is 9.54. The predicted molar refractivity (Wildman–Crippen MR) is 96.4 cm³/mol. The summed E-state index contributed by atoms with van der Waals surface area (Å²) < 4.78 is 0. The number of anilines is 2. The number of hydrogen-bond donors (Lipinski definition) is 2. The minimum Gasteiger partial charge on any atom is -0.337 e. The summed E-state index contributed by atoms with van der Waals surface area (Å²) in [5, 5.41) is 6.01. The molecule has 5 nitrogen and oxygen atoms in total. The second-order valence-corrected chi connectivity index (χ2v) is 8.73. The third kappa shape index (κ3) is 2.60. The fraction of sp³-hybridized carbons (Fsp3) is 0.600. The average molecular weight is 339 g/mol. The fourth-order valence-corrected chi connectivity index (χ4v) is 6.28. The zero-order valence-electron chi connectivity index (χ0n) is 14.5. The Balaban J connectivity index is 1.31. The zero-order chi connectivity index (χ0) is 17.0. The lowest BCUT2D eigenvalue weighted by molar-refractivity contribution is -0.115. The Hall–Kier alpha value is -2.04. The van der Waals surface area contributed by atoms with Crippen LogP contribution in [-0.2, 0) is 4.79 Å². The number of carbonyl (C=O) groups excluding carboxylic acids is 2. The number of nitrogens with one attached hydrogen (secondary N) is 2. The molecule has 132 valence electrons. The Morgan fingerprint density at radius 1 is 1.12 bits per heavy atom. The molecule has 1 heterocycles. The first-order valence-electron chi connectivity index (χ1n) is 9.54. The van der Waals surface area contributed by atoms with Crippen molar-refractivity contribution in [3.05, 3.63) is 24.3 Å². The molecule has 0 aromatic heterocycles. The standard InChI is InChI=1S/C20H25N3O2/c24-18-11-23(17-4-2-1-3-16(17)22-18)19(25)21-12-20-8-13-5-14(9-20)7-15(6-13)10-20/h1-4,13-15H,5-12H2,(H,21,25)(H,22,24). The summed E-state index contributed by atoms with van der Waals surface area (Å²) in [6, 6.07) is 7.36. The third-order valence-electron chi connectivity index (χ3n) is 6.80.